The number of anilines is 1. The third-order valence-corrected chi connectivity index (χ3v) is 4.90. The summed E-state index contributed by atoms with van der Waals surface area (Å²) in [6.45, 7) is 1.35. The molecule has 0 atom stereocenters. The number of para-hydroxylation sites is 1. The Kier molecular flexibility index (Phi) is 4.35. The summed E-state index contributed by atoms with van der Waals surface area (Å²) in [6, 6.07) is 15.4. The summed E-state index contributed by atoms with van der Waals surface area (Å²) in [5.74, 6) is 1.58. The lowest BCUT2D eigenvalue weighted by Crippen LogP contribution is -2.22. The number of carbonyl (C=O) groups excluding carboxylic acids is 1. The molecule has 0 saturated heterocycles. The SMILES string of the molecule is O=C(NCc1ccc(Oc2ccccc2)s1)c1cnc2c(c1)CCN2. The first kappa shape index (κ1) is 15.7. The van der Waals surface area contributed by atoms with E-state index < -0.39 is 0 Å². The first-order valence-electron chi connectivity index (χ1n) is 8.10. The van der Waals surface area contributed by atoms with Gasteiger partial charge < -0.3 is 15.4 Å². The van der Waals surface area contributed by atoms with Gasteiger partial charge in [-0.2, -0.15) is 0 Å². The highest BCUT2D eigenvalue weighted by atomic mass is 32.1. The van der Waals surface area contributed by atoms with E-state index in [1.165, 1.54) is 11.3 Å². The highest BCUT2D eigenvalue weighted by molar-refractivity contribution is 7.13. The van der Waals surface area contributed by atoms with Crippen LogP contribution in [0.1, 0.15) is 20.8 Å². The van der Waals surface area contributed by atoms with E-state index >= 15 is 0 Å². The monoisotopic (exact) mass is 351 g/mol. The fourth-order valence-electron chi connectivity index (χ4n) is 2.68. The Morgan fingerprint density at radius 1 is 1.24 bits per heavy atom. The smallest absolute Gasteiger partial charge is 0.253 e. The third-order valence-electron chi connectivity index (χ3n) is 3.94. The molecule has 2 aromatic heterocycles. The molecule has 126 valence electrons. The molecule has 25 heavy (non-hydrogen) atoms. The molecule has 1 amide bonds. The molecule has 3 heterocycles. The molecular formula is C19H17N3O2S. The lowest BCUT2D eigenvalue weighted by molar-refractivity contribution is 0.0951. The van der Waals surface area contributed by atoms with Crippen molar-refractivity contribution in [2.24, 2.45) is 0 Å². The predicted molar refractivity (Wildman–Crippen MR) is 98.4 cm³/mol. The van der Waals surface area contributed by atoms with E-state index in [0.717, 1.165) is 40.0 Å². The zero-order chi connectivity index (χ0) is 17.1. The highest BCUT2D eigenvalue weighted by Crippen LogP contribution is 2.29. The number of pyridine rings is 1. The average Bonchev–Trinajstić information content (AvgIpc) is 3.29. The lowest BCUT2D eigenvalue weighted by Gasteiger charge is -2.05. The average molecular weight is 351 g/mol. The van der Waals surface area contributed by atoms with E-state index in [9.17, 15) is 4.79 Å². The second kappa shape index (κ2) is 6.94. The minimum atomic E-state index is -0.110. The topological polar surface area (TPSA) is 63.2 Å². The van der Waals surface area contributed by atoms with E-state index in [1.54, 1.807) is 6.20 Å². The van der Waals surface area contributed by atoms with Gasteiger partial charge in [-0.3, -0.25) is 4.79 Å². The number of nitrogens with zero attached hydrogens (tertiary/aromatic N) is 1. The summed E-state index contributed by atoms with van der Waals surface area (Å²) in [4.78, 5) is 17.7. The Morgan fingerprint density at radius 2 is 2.12 bits per heavy atom. The van der Waals surface area contributed by atoms with Gasteiger partial charge in [0, 0.05) is 17.6 Å². The van der Waals surface area contributed by atoms with Gasteiger partial charge in [0.25, 0.3) is 5.91 Å². The van der Waals surface area contributed by atoms with Gasteiger partial charge in [-0.05, 0) is 42.3 Å². The van der Waals surface area contributed by atoms with Gasteiger partial charge in [0.2, 0.25) is 0 Å². The maximum atomic E-state index is 12.3. The summed E-state index contributed by atoms with van der Waals surface area (Å²) >= 11 is 1.52. The largest absolute Gasteiger partial charge is 0.447 e. The number of nitrogens with one attached hydrogen (secondary N) is 2. The zero-order valence-electron chi connectivity index (χ0n) is 13.5. The van der Waals surface area contributed by atoms with Crippen molar-refractivity contribution in [3.05, 3.63) is 70.7 Å². The molecule has 5 nitrogen and oxygen atoms in total. The maximum Gasteiger partial charge on any atom is 0.253 e. The van der Waals surface area contributed by atoms with Gasteiger partial charge in [-0.15, -0.1) is 11.3 Å². The minimum Gasteiger partial charge on any atom is -0.447 e. The number of ether oxygens (including phenoxy) is 1. The molecule has 1 aliphatic heterocycles. The molecule has 6 heteroatoms. The second-order valence-electron chi connectivity index (χ2n) is 5.73. The van der Waals surface area contributed by atoms with Crippen LogP contribution in [0.3, 0.4) is 0 Å². The predicted octanol–water partition coefficient (Wildman–Crippen LogP) is 3.83. The summed E-state index contributed by atoms with van der Waals surface area (Å²) < 4.78 is 5.79. The van der Waals surface area contributed by atoms with Crippen molar-refractivity contribution in [2.45, 2.75) is 13.0 Å². The van der Waals surface area contributed by atoms with Crippen LogP contribution in [0.5, 0.6) is 10.8 Å². The molecule has 0 spiro atoms. The molecule has 0 radical (unpaired) electrons. The molecule has 0 saturated carbocycles. The number of amides is 1. The minimum absolute atomic E-state index is 0.110. The summed E-state index contributed by atoms with van der Waals surface area (Å²) in [6.07, 6.45) is 2.53. The van der Waals surface area contributed by atoms with Crippen LogP contribution in [-0.4, -0.2) is 17.4 Å². The van der Waals surface area contributed by atoms with Crippen molar-refractivity contribution in [3.8, 4) is 10.8 Å². The number of rotatable bonds is 5. The summed E-state index contributed by atoms with van der Waals surface area (Å²) in [5, 5.41) is 6.94. The zero-order valence-corrected chi connectivity index (χ0v) is 14.3. The molecule has 2 N–H and O–H groups in total. The Labute approximate surface area is 149 Å². The highest BCUT2D eigenvalue weighted by Gasteiger charge is 2.15. The van der Waals surface area contributed by atoms with Crippen molar-refractivity contribution < 1.29 is 9.53 Å². The molecule has 3 aromatic rings. The first-order valence-corrected chi connectivity index (χ1v) is 8.92. The maximum absolute atomic E-state index is 12.3. The Bertz CT molecular complexity index is 893. The van der Waals surface area contributed by atoms with E-state index in [-0.39, 0.29) is 5.91 Å². The van der Waals surface area contributed by atoms with Gasteiger partial charge in [0.15, 0.2) is 5.06 Å². The third kappa shape index (κ3) is 3.64. The quantitative estimate of drug-likeness (QED) is 0.733. The van der Waals surface area contributed by atoms with E-state index in [2.05, 4.69) is 15.6 Å². The number of hydrogen-bond donors (Lipinski definition) is 2. The molecule has 0 bridgehead atoms. The van der Waals surface area contributed by atoms with Crippen LogP contribution >= 0.6 is 11.3 Å². The summed E-state index contributed by atoms with van der Waals surface area (Å²) in [7, 11) is 0. The fraction of sp³-hybridized carbons (Fsp3) is 0.158. The Balaban J connectivity index is 1.36. The molecule has 0 unspecified atom stereocenters. The van der Waals surface area contributed by atoms with Gasteiger partial charge >= 0.3 is 0 Å². The van der Waals surface area contributed by atoms with E-state index in [4.69, 9.17) is 4.74 Å². The number of thiophene rings is 1. The number of benzene rings is 1. The standard InChI is InChI=1S/C19H17N3O2S/c23-19(14-10-13-8-9-20-18(13)21-11-14)22-12-16-6-7-17(25-16)24-15-4-2-1-3-5-15/h1-7,10-11H,8-9,12H2,(H,20,21)(H,22,23). The van der Waals surface area contributed by atoms with Gasteiger partial charge in [0.05, 0.1) is 12.1 Å². The van der Waals surface area contributed by atoms with Crippen molar-refractivity contribution >= 4 is 23.1 Å². The second-order valence-corrected chi connectivity index (χ2v) is 6.86. The van der Waals surface area contributed by atoms with Crippen LogP contribution < -0.4 is 15.4 Å². The van der Waals surface area contributed by atoms with Crippen LogP contribution in [-0.2, 0) is 13.0 Å². The fourth-order valence-corrected chi connectivity index (χ4v) is 3.49. The number of carbonyl (C=O) groups is 1. The van der Waals surface area contributed by atoms with Gasteiger partial charge in [-0.1, -0.05) is 18.2 Å². The summed E-state index contributed by atoms with van der Waals surface area (Å²) in [5.41, 5.74) is 1.70. The van der Waals surface area contributed by atoms with Gasteiger partial charge in [-0.25, -0.2) is 4.98 Å². The molecule has 1 aromatic carbocycles. The van der Waals surface area contributed by atoms with Crippen molar-refractivity contribution in [1.82, 2.24) is 10.3 Å². The van der Waals surface area contributed by atoms with Crippen LogP contribution in [0.15, 0.2) is 54.7 Å². The van der Waals surface area contributed by atoms with E-state index in [1.807, 2.05) is 48.5 Å². The van der Waals surface area contributed by atoms with Crippen molar-refractivity contribution in [1.29, 1.82) is 0 Å². The Morgan fingerprint density at radius 3 is 3.00 bits per heavy atom. The number of fused-ring (bicyclic) bond motifs is 1. The van der Waals surface area contributed by atoms with Crippen LogP contribution in [0.2, 0.25) is 0 Å². The van der Waals surface area contributed by atoms with Gasteiger partial charge in [0.1, 0.15) is 11.6 Å². The Hall–Kier alpha value is -2.86. The molecule has 0 fully saturated rings. The van der Waals surface area contributed by atoms with Crippen molar-refractivity contribution in [3.63, 3.8) is 0 Å². The number of hydrogen-bond acceptors (Lipinski definition) is 5. The normalized spacial score (nSPS) is 12.3. The molecule has 1 aliphatic rings. The first-order chi connectivity index (χ1) is 12.3. The molecular weight excluding hydrogens is 334 g/mol. The molecule has 0 aliphatic carbocycles. The molecule has 4 rings (SSSR count). The van der Waals surface area contributed by atoms with Crippen molar-refractivity contribution in [2.75, 3.05) is 11.9 Å². The van der Waals surface area contributed by atoms with Crippen LogP contribution in [0.25, 0.3) is 0 Å². The van der Waals surface area contributed by atoms with Crippen LogP contribution in [0, 0.1) is 0 Å². The number of aromatic nitrogens is 1. The lowest BCUT2D eigenvalue weighted by atomic mass is 10.1. The van der Waals surface area contributed by atoms with Crippen LogP contribution in [0.4, 0.5) is 5.82 Å². The van der Waals surface area contributed by atoms with E-state index in [0.29, 0.717) is 12.1 Å².